The number of aliphatic hydroxyl groups is 1. The van der Waals surface area contributed by atoms with Crippen LogP contribution in [0.3, 0.4) is 0 Å². The van der Waals surface area contributed by atoms with Gasteiger partial charge in [-0.2, -0.15) is 0 Å². The Labute approximate surface area is 121 Å². The minimum atomic E-state index is -1.10. The third kappa shape index (κ3) is 12.2. The van der Waals surface area contributed by atoms with E-state index >= 15 is 0 Å². The number of aliphatic hydroxyl groups excluding tert-OH is 1. The molecule has 6 heteroatoms. The van der Waals surface area contributed by atoms with E-state index in [0.29, 0.717) is 19.6 Å². The number of carboxylic acids is 1. The first kappa shape index (κ1) is 20.0. The number of carbonyl (C=O) groups excluding carboxylic acids is 1. The zero-order chi connectivity index (χ0) is 13.1. The predicted octanol–water partition coefficient (Wildman–Crippen LogP) is -3.97. The summed E-state index contributed by atoms with van der Waals surface area (Å²) in [5.74, 6) is -1.10. The first-order valence-electron chi connectivity index (χ1n) is 6.02. The van der Waals surface area contributed by atoms with Gasteiger partial charge in [0, 0.05) is 25.7 Å². The standard InChI is InChI=1S/C12H24N2O3.Li/c1-3-4-5-6-11(15)9-13-7-8-14-10(2)12(16)17;/h3-4,10-11,13-15H,5-9H2,1-2H3,(H,16,17);/q;+1/p-1/b4-3+;. The van der Waals surface area contributed by atoms with Crippen LogP contribution in [0.1, 0.15) is 26.7 Å². The Balaban J connectivity index is 0. The number of aliphatic carboxylic acids is 1. The van der Waals surface area contributed by atoms with Crippen LogP contribution in [0.2, 0.25) is 0 Å². The first-order valence-corrected chi connectivity index (χ1v) is 6.02. The number of carboxylic acid groups (broad SMARTS) is 1. The Morgan fingerprint density at radius 1 is 1.44 bits per heavy atom. The summed E-state index contributed by atoms with van der Waals surface area (Å²) in [6.45, 7) is 5.18. The molecule has 0 rings (SSSR count). The molecule has 0 bridgehead atoms. The predicted molar refractivity (Wildman–Crippen MR) is 65.4 cm³/mol. The molecule has 2 unspecified atom stereocenters. The van der Waals surface area contributed by atoms with E-state index in [1.807, 2.05) is 19.1 Å². The minimum Gasteiger partial charge on any atom is -0.548 e. The van der Waals surface area contributed by atoms with E-state index in [1.54, 1.807) is 6.92 Å². The molecule has 0 aliphatic rings. The normalized spacial score (nSPS) is 14.2. The molecule has 0 aliphatic heterocycles. The maximum atomic E-state index is 10.4. The van der Waals surface area contributed by atoms with Crippen molar-refractivity contribution >= 4 is 5.97 Å². The molecular formula is C12H23LiN2O3. The summed E-state index contributed by atoms with van der Waals surface area (Å²) >= 11 is 0. The summed E-state index contributed by atoms with van der Waals surface area (Å²) in [4.78, 5) is 10.4. The van der Waals surface area contributed by atoms with Crippen LogP contribution in [-0.4, -0.2) is 42.9 Å². The van der Waals surface area contributed by atoms with Crippen LogP contribution >= 0.6 is 0 Å². The Morgan fingerprint density at radius 3 is 2.67 bits per heavy atom. The molecule has 0 radical (unpaired) electrons. The molecule has 0 fully saturated rings. The number of carbonyl (C=O) groups is 1. The Morgan fingerprint density at radius 2 is 2.11 bits per heavy atom. The zero-order valence-corrected chi connectivity index (χ0v) is 11.6. The summed E-state index contributed by atoms with van der Waals surface area (Å²) < 4.78 is 0. The van der Waals surface area contributed by atoms with Gasteiger partial charge in [-0.05, 0) is 26.7 Å². The molecule has 0 spiro atoms. The van der Waals surface area contributed by atoms with Crippen molar-refractivity contribution in [1.29, 1.82) is 0 Å². The van der Waals surface area contributed by atoms with E-state index in [9.17, 15) is 15.0 Å². The average molecular weight is 250 g/mol. The summed E-state index contributed by atoms with van der Waals surface area (Å²) in [5, 5.41) is 25.8. The van der Waals surface area contributed by atoms with Crippen molar-refractivity contribution < 1.29 is 33.9 Å². The monoisotopic (exact) mass is 250 g/mol. The molecule has 100 valence electrons. The molecule has 0 saturated carbocycles. The summed E-state index contributed by atoms with van der Waals surface area (Å²) in [6.07, 6.45) is 5.24. The largest absolute Gasteiger partial charge is 1.00 e. The quantitative estimate of drug-likeness (QED) is 0.209. The van der Waals surface area contributed by atoms with E-state index in [0.717, 1.165) is 12.8 Å². The maximum Gasteiger partial charge on any atom is 1.00 e. The van der Waals surface area contributed by atoms with Crippen LogP contribution in [0.4, 0.5) is 0 Å². The van der Waals surface area contributed by atoms with Gasteiger partial charge in [0.05, 0.1) is 12.1 Å². The van der Waals surface area contributed by atoms with Crippen molar-refractivity contribution in [2.24, 2.45) is 0 Å². The van der Waals surface area contributed by atoms with Crippen molar-refractivity contribution in [3.63, 3.8) is 0 Å². The Kier molecular flexibility index (Phi) is 14.6. The molecule has 18 heavy (non-hydrogen) atoms. The van der Waals surface area contributed by atoms with Gasteiger partial charge in [-0.3, -0.25) is 0 Å². The van der Waals surface area contributed by atoms with Crippen molar-refractivity contribution in [3.8, 4) is 0 Å². The van der Waals surface area contributed by atoms with Crippen LogP contribution < -0.4 is 34.6 Å². The molecule has 2 atom stereocenters. The molecule has 0 aromatic rings. The second-order valence-corrected chi connectivity index (χ2v) is 4.00. The molecule has 0 aromatic carbocycles. The van der Waals surface area contributed by atoms with Crippen LogP contribution in [0.25, 0.3) is 0 Å². The third-order valence-electron chi connectivity index (χ3n) is 2.39. The van der Waals surface area contributed by atoms with Gasteiger partial charge in [-0.15, -0.1) is 0 Å². The summed E-state index contributed by atoms with van der Waals surface area (Å²) in [7, 11) is 0. The Hall–Kier alpha value is -0.313. The summed E-state index contributed by atoms with van der Waals surface area (Å²) in [5.41, 5.74) is 0. The third-order valence-corrected chi connectivity index (χ3v) is 2.39. The topological polar surface area (TPSA) is 84.4 Å². The SMILES string of the molecule is C/C=C/CCC(O)CNCCNC(C)C(=O)[O-].[Li+]. The van der Waals surface area contributed by atoms with Crippen molar-refractivity contribution in [3.05, 3.63) is 12.2 Å². The molecule has 5 nitrogen and oxygen atoms in total. The fourth-order valence-corrected chi connectivity index (χ4v) is 1.29. The van der Waals surface area contributed by atoms with Crippen LogP contribution in [-0.2, 0) is 4.79 Å². The van der Waals surface area contributed by atoms with Gasteiger partial charge >= 0.3 is 18.9 Å². The molecule has 0 aromatic heterocycles. The van der Waals surface area contributed by atoms with Crippen molar-refractivity contribution in [2.45, 2.75) is 38.8 Å². The van der Waals surface area contributed by atoms with E-state index in [1.165, 1.54) is 0 Å². The van der Waals surface area contributed by atoms with Gasteiger partial charge < -0.3 is 25.6 Å². The van der Waals surface area contributed by atoms with Crippen molar-refractivity contribution in [1.82, 2.24) is 10.6 Å². The van der Waals surface area contributed by atoms with Crippen LogP contribution in [0.5, 0.6) is 0 Å². The van der Waals surface area contributed by atoms with E-state index in [2.05, 4.69) is 10.6 Å². The smallest absolute Gasteiger partial charge is 0.548 e. The average Bonchev–Trinajstić information content (AvgIpc) is 2.28. The fraction of sp³-hybridized carbons (Fsp3) is 0.750. The number of allylic oxidation sites excluding steroid dienone is 2. The molecule has 0 saturated heterocycles. The van der Waals surface area contributed by atoms with E-state index < -0.39 is 12.0 Å². The van der Waals surface area contributed by atoms with Gasteiger partial charge in [0.25, 0.3) is 0 Å². The molecule has 0 aliphatic carbocycles. The van der Waals surface area contributed by atoms with Crippen LogP contribution in [0, 0.1) is 0 Å². The second kappa shape index (κ2) is 13.1. The zero-order valence-electron chi connectivity index (χ0n) is 11.6. The van der Waals surface area contributed by atoms with E-state index in [4.69, 9.17) is 0 Å². The molecule has 0 amide bonds. The number of hydrogen-bond acceptors (Lipinski definition) is 5. The number of nitrogens with one attached hydrogen (secondary N) is 2. The van der Waals surface area contributed by atoms with Gasteiger partial charge in [-0.1, -0.05) is 12.2 Å². The van der Waals surface area contributed by atoms with Gasteiger partial charge in [0.15, 0.2) is 0 Å². The minimum absolute atomic E-state index is 0. The van der Waals surface area contributed by atoms with Gasteiger partial charge in [0.2, 0.25) is 0 Å². The van der Waals surface area contributed by atoms with Gasteiger partial charge in [0.1, 0.15) is 0 Å². The van der Waals surface area contributed by atoms with Crippen LogP contribution in [0.15, 0.2) is 12.2 Å². The second-order valence-electron chi connectivity index (χ2n) is 4.00. The maximum absolute atomic E-state index is 10.4. The first-order chi connectivity index (χ1) is 8.07. The molecular weight excluding hydrogens is 227 g/mol. The molecule has 3 N–H and O–H groups in total. The van der Waals surface area contributed by atoms with Crippen molar-refractivity contribution in [2.75, 3.05) is 19.6 Å². The molecule has 0 heterocycles. The Bertz CT molecular complexity index is 237. The fourth-order valence-electron chi connectivity index (χ4n) is 1.29. The number of hydrogen-bond donors (Lipinski definition) is 3. The number of rotatable bonds is 10. The summed E-state index contributed by atoms with van der Waals surface area (Å²) in [6, 6.07) is -0.642. The van der Waals surface area contributed by atoms with E-state index in [-0.39, 0.29) is 25.0 Å². The van der Waals surface area contributed by atoms with Gasteiger partial charge in [-0.25, -0.2) is 0 Å².